The molecule has 0 saturated heterocycles. The third-order valence-corrected chi connectivity index (χ3v) is 6.20. The van der Waals surface area contributed by atoms with Crippen LogP contribution < -0.4 is 0 Å². The molecule has 0 fully saturated rings. The minimum Gasteiger partial charge on any atom is -0.481 e. The normalized spacial score (nSPS) is 15.2. The van der Waals surface area contributed by atoms with Crippen LogP contribution in [0, 0.1) is 6.92 Å². The van der Waals surface area contributed by atoms with Gasteiger partial charge in [0.25, 0.3) is 0 Å². The number of hydrogen-bond acceptors (Lipinski definition) is 5. The number of aliphatic carboxylic acids is 1. The SMILES string of the molecule is Cc1ccc(-c2nn(-c3ccccc3)cc2[C@H]2CC(c3ccco3)=NN2C(=O)CCCC(=O)O)cc1. The molecule has 1 aliphatic heterocycles. The van der Waals surface area contributed by atoms with Crippen molar-refractivity contribution in [2.45, 2.75) is 38.6 Å². The topological polar surface area (TPSA) is 101 Å². The zero-order valence-corrected chi connectivity index (χ0v) is 19.9. The van der Waals surface area contributed by atoms with Crippen molar-refractivity contribution in [1.29, 1.82) is 0 Å². The van der Waals surface area contributed by atoms with E-state index < -0.39 is 12.0 Å². The van der Waals surface area contributed by atoms with Gasteiger partial charge in [0.1, 0.15) is 11.5 Å². The van der Waals surface area contributed by atoms with Gasteiger partial charge >= 0.3 is 5.97 Å². The number of benzene rings is 2. The van der Waals surface area contributed by atoms with Crippen molar-refractivity contribution < 1.29 is 19.1 Å². The quantitative estimate of drug-likeness (QED) is 0.364. The Balaban J connectivity index is 1.56. The van der Waals surface area contributed by atoms with E-state index >= 15 is 0 Å². The van der Waals surface area contributed by atoms with Gasteiger partial charge in [0.2, 0.25) is 5.91 Å². The van der Waals surface area contributed by atoms with E-state index in [-0.39, 0.29) is 25.2 Å². The van der Waals surface area contributed by atoms with E-state index in [1.165, 1.54) is 5.01 Å². The molecule has 36 heavy (non-hydrogen) atoms. The maximum absolute atomic E-state index is 13.3. The van der Waals surface area contributed by atoms with Crippen LogP contribution in [0.25, 0.3) is 16.9 Å². The number of carboxylic acids is 1. The first-order valence-electron chi connectivity index (χ1n) is 11.9. The van der Waals surface area contributed by atoms with Crippen molar-refractivity contribution in [3.8, 4) is 16.9 Å². The Morgan fingerprint density at radius 2 is 1.81 bits per heavy atom. The number of aromatic nitrogens is 2. The summed E-state index contributed by atoms with van der Waals surface area (Å²) >= 11 is 0. The minimum absolute atomic E-state index is 0.0699. The Morgan fingerprint density at radius 3 is 2.50 bits per heavy atom. The summed E-state index contributed by atoms with van der Waals surface area (Å²) in [5.74, 6) is -0.551. The van der Waals surface area contributed by atoms with E-state index in [0.717, 1.165) is 28.1 Å². The number of aryl methyl sites for hydroxylation is 1. The fourth-order valence-corrected chi connectivity index (χ4v) is 4.36. The Bertz CT molecular complexity index is 1390. The molecule has 0 saturated carbocycles. The summed E-state index contributed by atoms with van der Waals surface area (Å²) < 4.78 is 7.40. The largest absolute Gasteiger partial charge is 0.481 e. The van der Waals surface area contributed by atoms with Gasteiger partial charge in [-0.1, -0.05) is 48.0 Å². The molecule has 0 radical (unpaired) electrons. The molecule has 2 aromatic carbocycles. The maximum atomic E-state index is 13.3. The van der Waals surface area contributed by atoms with Crippen LogP contribution >= 0.6 is 0 Å². The lowest BCUT2D eigenvalue weighted by molar-refractivity contribution is -0.137. The van der Waals surface area contributed by atoms with Gasteiger partial charge in [-0.05, 0) is 37.6 Å². The van der Waals surface area contributed by atoms with Gasteiger partial charge in [0, 0.05) is 36.6 Å². The van der Waals surface area contributed by atoms with Crippen LogP contribution in [0.1, 0.15) is 48.6 Å². The average molecular weight is 483 g/mol. The summed E-state index contributed by atoms with van der Waals surface area (Å²) in [4.78, 5) is 24.2. The smallest absolute Gasteiger partial charge is 0.303 e. The van der Waals surface area contributed by atoms with Gasteiger partial charge in [-0.25, -0.2) is 9.69 Å². The minimum atomic E-state index is -0.925. The standard InChI is InChI=1S/C28H26N4O4/c1-19-12-14-20(15-13-19)28-22(18-31(30-28)21-7-3-2-4-8-21)24-17-23(25-9-6-16-36-25)29-32(24)26(33)10-5-11-27(34)35/h2-4,6-9,12-16,18,24H,5,10-11,17H2,1H3,(H,34,35)/t24-/m1/s1. The monoisotopic (exact) mass is 482 g/mol. The molecule has 3 heterocycles. The summed E-state index contributed by atoms with van der Waals surface area (Å²) in [5.41, 5.74) is 5.28. The van der Waals surface area contributed by atoms with Gasteiger partial charge in [0.05, 0.1) is 23.7 Å². The van der Waals surface area contributed by atoms with E-state index in [1.54, 1.807) is 12.3 Å². The number of rotatable bonds is 8. The lowest BCUT2D eigenvalue weighted by Crippen LogP contribution is -2.27. The van der Waals surface area contributed by atoms with Crippen molar-refractivity contribution in [2.24, 2.45) is 5.10 Å². The van der Waals surface area contributed by atoms with Crippen molar-refractivity contribution in [3.63, 3.8) is 0 Å². The van der Waals surface area contributed by atoms with Crippen molar-refractivity contribution in [1.82, 2.24) is 14.8 Å². The van der Waals surface area contributed by atoms with E-state index in [0.29, 0.717) is 17.9 Å². The molecule has 0 unspecified atom stereocenters. The molecule has 8 heteroatoms. The van der Waals surface area contributed by atoms with Gasteiger partial charge in [-0.2, -0.15) is 10.2 Å². The number of para-hydroxylation sites is 1. The molecule has 4 aromatic rings. The molecule has 0 aliphatic carbocycles. The van der Waals surface area contributed by atoms with E-state index in [4.69, 9.17) is 14.6 Å². The van der Waals surface area contributed by atoms with Gasteiger partial charge in [-0.3, -0.25) is 9.59 Å². The second-order valence-electron chi connectivity index (χ2n) is 8.81. The van der Waals surface area contributed by atoms with Crippen LogP contribution in [-0.2, 0) is 9.59 Å². The van der Waals surface area contributed by atoms with E-state index in [2.05, 4.69) is 5.10 Å². The second-order valence-corrected chi connectivity index (χ2v) is 8.81. The predicted molar refractivity (Wildman–Crippen MR) is 135 cm³/mol. The van der Waals surface area contributed by atoms with Gasteiger partial charge < -0.3 is 9.52 Å². The molecular formula is C28H26N4O4. The lowest BCUT2D eigenvalue weighted by Gasteiger charge is -2.22. The fourth-order valence-electron chi connectivity index (χ4n) is 4.36. The highest BCUT2D eigenvalue weighted by Crippen LogP contribution is 2.39. The van der Waals surface area contributed by atoms with E-state index in [9.17, 15) is 9.59 Å². The first-order valence-corrected chi connectivity index (χ1v) is 11.9. The molecule has 5 rings (SSSR count). The highest BCUT2D eigenvalue weighted by Gasteiger charge is 2.36. The molecule has 1 atom stereocenters. The number of hydrazone groups is 1. The van der Waals surface area contributed by atoms with Gasteiger partial charge in [0.15, 0.2) is 0 Å². The predicted octanol–water partition coefficient (Wildman–Crippen LogP) is 5.37. The zero-order chi connectivity index (χ0) is 25.1. The van der Waals surface area contributed by atoms with Crippen molar-refractivity contribution >= 4 is 17.6 Å². The highest BCUT2D eigenvalue weighted by atomic mass is 16.4. The van der Waals surface area contributed by atoms with Crippen LogP contribution in [-0.4, -0.2) is 37.5 Å². The third kappa shape index (κ3) is 4.84. The van der Waals surface area contributed by atoms with Crippen LogP contribution in [0.15, 0.2) is 88.7 Å². The molecule has 0 bridgehead atoms. The fraction of sp³-hybridized carbons (Fsp3) is 0.214. The second kappa shape index (κ2) is 10.0. The Hall–Kier alpha value is -4.46. The molecule has 2 aromatic heterocycles. The molecule has 1 amide bonds. The Kier molecular flexibility index (Phi) is 6.49. The Morgan fingerprint density at radius 1 is 1.03 bits per heavy atom. The lowest BCUT2D eigenvalue weighted by atomic mass is 9.97. The molecule has 0 spiro atoms. The van der Waals surface area contributed by atoms with Crippen LogP contribution in [0.5, 0.6) is 0 Å². The molecular weight excluding hydrogens is 456 g/mol. The van der Waals surface area contributed by atoms with Crippen molar-refractivity contribution in [3.05, 3.63) is 96.1 Å². The summed E-state index contributed by atoms with van der Waals surface area (Å²) in [6.45, 7) is 2.03. The molecule has 1 N–H and O–H groups in total. The first-order chi connectivity index (χ1) is 17.5. The van der Waals surface area contributed by atoms with Crippen LogP contribution in [0.4, 0.5) is 0 Å². The summed E-state index contributed by atoms with van der Waals surface area (Å²) in [6.07, 6.45) is 4.25. The summed E-state index contributed by atoms with van der Waals surface area (Å²) in [5, 5.41) is 20.0. The summed E-state index contributed by atoms with van der Waals surface area (Å²) in [7, 11) is 0. The number of carboxylic acid groups (broad SMARTS) is 1. The number of amides is 1. The number of carbonyl (C=O) groups is 2. The van der Waals surface area contributed by atoms with Crippen LogP contribution in [0.3, 0.4) is 0 Å². The van der Waals surface area contributed by atoms with Crippen molar-refractivity contribution in [2.75, 3.05) is 0 Å². The molecule has 182 valence electrons. The Labute approximate surface area is 208 Å². The van der Waals surface area contributed by atoms with Gasteiger partial charge in [-0.15, -0.1) is 0 Å². The number of hydrogen-bond donors (Lipinski definition) is 1. The third-order valence-electron chi connectivity index (χ3n) is 6.20. The summed E-state index contributed by atoms with van der Waals surface area (Å²) in [6, 6.07) is 21.1. The maximum Gasteiger partial charge on any atom is 0.303 e. The number of nitrogens with zero attached hydrogens (tertiary/aromatic N) is 4. The molecule has 8 nitrogen and oxygen atoms in total. The average Bonchev–Trinajstić information content (AvgIpc) is 3.64. The van der Waals surface area contributed by atoms with E-state index in [1.807, 2.05) is 78.5 Å². The van der Waals surface area contributed by atoms with Crippen LogP contribution in [0.2, 0.25) is 0 Å². The number of furan rings is 1. The number of carbonyl (C=O) groups excluding carboxylic acids is 1. The first kappa shape index (κ1) is 23.3. The highest BCUT2D eigenvalue weighted by molar-refractivity contribution is 6.01. The molecule has 1 aliphatic rings. The zero-order valence-electron chi connectivity index (χ0n) is 19.9.